The van der Waals surface area contributed by atoms with Crippen LogP contribution in [-0.4, -0.2) is 31.8 Å². The summed E-state index contributed by atoms with van der Waals surface area (Å²) in [6, 6.07) is 1.26. The van der Waals surface area contributed by atoms with Crippen molar-refractivity contribution in [3.63, 3.8) is 0 Å². The van der Waals surface area contributed by atoms with E-state index < -0.39 is 25.7 Å². The van der Waals surface area contributed by atoms with E-state index in [0.29, 0.717) is 12.8 Å². The van der Waals surface area contributed by atoms with Crippen LogP contribution in [0.2, 0.25) is 0 Å². The van der Waals surface area contributed by atoms with Crippen molar-refractivity contribution in [3.05, 3.63) is 22.7 Å². The van der Waals surface area contributed by atoms with Crippen LogP contribution in [-0.2, 0) is 9.30 Å². The molecule has 1 aliphatic rings. The van der Waals surface area contributed by atoms with E-state index in [4.69, 9.17) is 20.3 Å². The molecule has 1 fully saturated rings. The lowest BCUT2D eigenvalue weighted by atomic mass is 9.92. The van der Waals surface area contributed by atoms with E-state index >= 15 is 0 Å². The van der Waals surface area contributed by atoms with Gasteiger partial charge in [0.15, 0.2) is 0 Å². The highest BCUT2D eigenvalue weighted by molar-refractivity contribution is 7.51. The minimum absolute atomic E-state index is 0.148. The molecule has 112 valence electrons. The number of nitrogens with zero attached hydrogens (tertiary/aromatic N) is 2. The van der Waals surface area contributed by atoms with Gasteiger partial charge in [-0.05, 0) is 18.9 Å². The molecule has 1 aromatic heterocycles. The lowest BCUT2D eigenvalue weighted by Gasteiger charge is -2.32. The van der Waals surface area contributed by atoms with Crippen LogP contribution in [0.1, 0.15) is 31.7 Å². The Bertz CT molecular complexity index is 569. The Morgan fingerprint density at radius 3 is 2.80 bits per heavy atom. The SMILES string of the molecule is Nc1ccn([C@@H]2CCCC[C@H]2OCP(=O)(O)O)c(=O)n1. The quantitative estimate of drug-likeness (QED) is 0.689. The molecule has 0 spiro atoms. The molecule has 1 aromatic rings. The molecule has 20 heavy (non-hydrogen) atoms. The van der Waals surface area contributed by atoms with Crippen molar-refractivity contribution in [2.75, 3.05) is 12.1 Å². The summed E-state index contributed by atoms with van der Waals surface area (Å²) >= 11 is 0. The summed E-state index contributed by atoms with van der Waals surface area (Å²) in [4.78, 5) is 33.3. The highest BCUT2D eigenvalue weighted by Crippen LogP contribution is 2.38. The smallest absolute Gasteiger partial charge is 0.350 e. The summed E-state index contributed by atoms with van der Waals surface area (Å²) in [5, 5.41) is 0. The molecule has 0 aliphatic heterocycles. The Balaban J connectivity index is 2.18. The summed E-state index contributed by atoms with van der Waals surface area (Å²) in [5.74, 6) is 0.148. The number of aromatic nitrogens is 2. The minimum atomic E-state index is -4.22. The Hall–Kier alpha value is -1.21. The maximum atomic E-state index is 11.8. The largest absolute Gasteiger partial charge is 0.383 e. The van der Waals surface area contributed by atoms with E-state index in [1.165, 1.54) is 10.6 Å². The Morgan fingerprint density at radius 1 is 1.45 bits per heavy atom. The maximum absolute atomic E-state index is 11.8. The van der Waals surface area contributed by atoms with Crippen molar-refractivity contribution in [1.29, 1.82) is 0 Å². The molecular weight excluding hydrogens is 285 g/mol. The third kappa shape index (κ3) is 3.89. The molecule has 0 unspecified atom stereocenters. The van der Waals surface area contributed by atoms with Crippen molar-refractivity contribution in [2.24, 2.45) is 0 Å². The molecule has 9 heteroatoms. The molecule has 2 atom stereocenters. The predicted octanol–water partition coefficient (Wildman–Crippen LogP) is 0.461. The van der Waals surface area contributed by atoms with Gasteiger partial charge in [0.2, 0.25) is 0 Å². The van der Waals surface area contributed by atoms with Crippen LogP contribution >= 0.6 is 7.60 Å². The number of rotatable bonds is 4. The van der Waals surface area contributed by atoms with Crippen molar-refractivity contribution < 1.29 is 19.1 Å². The van der Waals surface area contributed by atoms with Crippen LogP contribution in [0.15, 0.2) is 17.1 Å². The standard InChI is InChI=1S/C11H18N3O5P/c12-10-5-6-14(11(15)13-10)8-3-1-2-4-9(8)19-7-20(16,17)18/h5-6,8-9H,1-4,7H2,(H2,12,13,15)(H2,16,17,18)/t8-,9-/m1/s1. The normalized spacial score (nSPS) is 23.7. The second-order valence-electron chi connectivity index (χ2n) is 4.89. The molecule has 1 aliphatic carbocycles. The first kappa shape index (κ1) is 15.2. The van der Waals surface area contributed by atoms with Crippen LogP contribution in [0.25, 0.3) is 0 Å². The van der Waals surface area contributed by atoms with E-state index in [-0.39, 0.29) is 11.9 Å². The first-order valence-electron chi connectivity index (χ1n) is 6.38. The Morgan fingerprint density at radius 2 is 2.15 bits per heavy atom. The zero-order valence-corrected chi connectivity index (χ0v) is 11.8. The van der Waals surface area contributed by atoms with Gasteiger partial charge in [-0.1, -0.05) is 12.8 Å². The second-order valence-corrected chi connectivity index (χ2v) is 6.48. The van der Waals surface area contributed by atoms with Crippen LogP contribution in [0.3, 0.4) is 0 Å². The van der Waals surface area contributed by atoms with Gasteiger partial charge in [-0.2, -0.15) is 4.98 Å². The summed E-state index contributed by atoms with van der Waals surface area (Å²) in [7, 11) is -4.22. The molecule has 0 bridgehead atoms. The average Bonchev–Trinajstić information content (AvgIpc) is 2.36. The second kappa shape index (κ2) is 6.05. The summed E-state index contributed by atoms with van der Waals surface area (Å²) in [6.45, 7) is 0. The third-order valence-corrected chi connectivity index (χ3v) is 3.82. The maximum Gasteiger partial charge on any atom is 0.350 e. The van der Waals surface area contributed by atoms with Gasteiger partial charge < -0.3 is 20.3 Å². The van der Waals surface area contributed by atoms with Crippen molar-refractivity contribution >= 4 is 13.4 Å². The summed E-state index contributed by atoms with van der Waals surface area (Å²) < 4.78 is 17.6. The van der Waals surface area contributed by atoms with Gasteiger partial charge in [-0.25, -0.2) is 4.79 Å². The summed E-state index contributed by atoms with van der Waals surface area (Å²) in [6.07, 6.45) is 3.70. The Kier molecular flexibility index (Phi) is 4.59. The van der Waals surface area contributed by atoms with E-state index in [2.05, 4.69) is 4.98 Å². The number of hydrogen-bond donors (Lipinski definition) is 3. The molecule has 8 nitrogen and oxygen atoms in total. The fourth-order valence-corrected chi connectivity index (χ4v) is 2.85. The topological polar surface area (TPSA) is 128 Å². The van der Waals surface area contributed by atoms with Gasteiger partial charge >= 0.3 is 13.3 Å². The van der Waals surface area contributed by atoms with Crippen molar-refractivity contribution in [2.45, 2.75) is 37.8 Å². The highest BCUT2D eigenvalue weighted by atomic mass is 31.2. The molecule has 1 heterocycles. The van der Waals surface area contributed by atoms with Gasteiger partial charge in [-0.15, -0.1) is 0 Å². The van der Waals surface area contributed by atoms with E-state index in [1.807, 2.05) is 0 Å². The molecule has 0 saturated heterocycles. The molecular formula is C11H18N3O5P. The minimum Gasteiger partial charge on any atom is -0.383 e. The molecule has 4 N–H and O–H groups in total. The zero-order chi connectivity index (χ0) is 14.8. The van der Waals surface area contributed by atoms with Crippen LogP contribution in [0.4, 0.5) is 5.82 Å². The fraction of sp³-hybridized carbons (Fsp3) is 0.636. The van der Waals surface area contributed by atoms with Crippen LogP contribution in [0.5, 0.6) is 0 Å². The van der Waals surface area contributed by atoms with Crippen LogP contribution in [0, 0.1) is 0 Å². The third-order valence-electron chi connectivity index (χ3n) is 3.33. The van der Waals surface area contributed by atoms with Gasteiger partial charge in [0.05, 0.1) is 12.1 Å². The van der Waals surface area contributed by atoms with Crippen molar-refractivity contribution in [1.82, 2.24) is 9.55 Å². The molecule has 2 rings (SSSR count). The molecule has 0 radical (unpaired) electrons. The van der Waals surface area contributed by atoms with E-state index in [1.54, 1.807) is 6.20 Å². The molecule has 1 saturated carbocycles. The van der Waals surface area contributed by atoms with Gasteiger partial charge in [0.25, 0.3) is 0 Å². The number of ether oxygens (including phenoxy) is 1. The van der Waals surface area contributed by atoms with Gasteiger partial charge in [0.1, 0.15) is 12.2 Å². The highest BCUT2D eigenvalue weighted by Gasteiger charge is 2.30. The van der Waals surface area contributed by atoms with Crippen molar-refractivity contribution in [3.8, 4) is 0 Å². The number of nitrogens with two attached hydrogens (primary N) is 1. The van der Waals surface area contributed by atoms with E-state index in [9.17, 15) is 9.36 Å². The number of anilines is 1. The number of nitrogen functional groups attached to an aromatic ring is 1. The summed E-state index contributed by atoms with van der Waals surface area (Å²) in [5.41, 5.74) is 4.98. The van der Waals surface area contributed by atoms with Gasteiger partial charge in [0, 0.05) is 6.20 Å². The van der Waals surface area contributed by atoms with Gasteiger partial charge in [-0.3, -0.25) is 9.13 Å². The lowest BCUT2D eigenvalue weighted by Crippen LogP contribution is -2.37. The van der Waals surface area contributed by atoms with E-state index in [0.717, 1.165) is 12.8 Å². The Labute approximate surface area is 115 Å². The molecule has 0 amide bonds. The monoisotopic (exact) mass is 303 g/mol. The molecule has 0 aromatic carbocycles. The first-order valence-corrected chi connectivity index (χ1v) is 8.17. The van der Waals surface area contributed by atoms with Crippen LogP contribution < -0.4 is 11.4 Å². The first-order chi connectivity index (χ1) is 9.37. The average molecular weight is 303 g/mol. The zero-order valence-electron chi connectivity index (χ0n) is 10.9. The fourth-order valence-electron chi connectivity index (χ4n) is 2.46. The lowest BCUT2D eigenvalue weighted by molar-refractivity contribution is 0.00954. The predicted molar refractivity (Wildman–Crippen MR) is 72.2 cm³/mol. The number of hydrogen-bond acceptors (Lipinski definition) is 5.